The fraction of sp³-hybridized carbons (Fsp3) is 0.385. The molecule has 0 aliphatic carbocycles. The number of aromatic hydroxyl groups is 1. The van der Waals surface area contributed by atoms with Crippen LogP contribution in [0.4, 0.5) is 0 Å². The number of hydrogen-bond acceptors (Lipinski definition) is 4. The highest BCUT2D eigenvalue weighted by Crippen LogP contribution is 2.14. The van der Waals surface area contributed by atoms with E-state index in [0.29, 0.717) is 12.2 Å². The van der Waals surface area contributed by atoms with E-state index < -0.39 is 5.92 Å². The van der Waals surface area contributed by atoms with Crippen molar-refractivity contribution in [2.45, 2.75) is 20.3 Å². The normalized spacial score (nSPS) is 11.9. The molecule has 0 amide bonds. The molecule has 1 aromatic rings. The molecular formula is C13H16O4. The number of ether oxygens (including phenoxy) is 1. The molecule has 1 aromatic carbocycles. The Morgan fingerprint density at radius 3 is 2.41 bits per heavy atom. The summed E-state index contributed by atoms with van der Waals surface area (Å²) in [6, 6.07) is 5.97. The predicted molar refractivity (Wildman–Crippen MR) is 62.9 cm³/mol. The van der Waals surface area contributed by atoms with E-state index in [2.05, 4.69) is 0 Å². The molecule has 1 atom stereocenters. The summed E-state index contributed by atoms with van der Waals surface area (Å²) in [5, 5.41) is 9.09. The zero-order valence-electron chi connectivity index (χ0n) is 9.97. The molecule has 0 fully saturated rings. The van der Waals surface area contributed by atoms with Crippen LogP contribution in [0, 0.1) is 5.92 Å². The van der Waals surface area contributed by atoms with Gasteiger partial charge in [-0.15, -0.1) is 0 Å². The van der Waals surface area contributed by atoms with Crippen molar-refractivity contribution in [2.75, 3.05) is 6.61 Å². The van der Waals surface area contributed by atoms with Gasteiger partial charge in [0.2, 0.25) is 0 Å². The quantitative estimate of drug-likeness (QED) is 0.628. The molecule has 0 bridgehead atoms. The number of rotatable bonds is 5. The first kappa shape index (κ1) is 13.2. The maximum absolute atomic E-state index is 11.8. The van der Waals surface area contributed by atoms with Gasteiger partial charge in [0, 0.05) is 12.0 Å². The Balaban J connectivity index is 2.60. The third-order valence-corrected chi connectivity index (χ3v) is 2.37. The van der Waals surface area contributed by atoms with Crippen LogP contribution in [0.2, 0.25) is 0 Å². The smallest absolute Gasteiger partial charge is 0.309 e. The van der Waals surface area contributed by atoms with Crippen LogP contribution in [-0.4, -0.2) is 23.5 Å². The Hall–Kier alpha value is -1.84. The van der Waals surface area contributed by atoms with Crippen molar-refractivity contribution in [3.8, 4) is 5.75 Å². The van der Waals surface area contributed by atoms with Crippen molar-refractivity contribution in [1.29, 1.82) is 0 Å². The monoisotopic (exact) mass is 236 g/mol. The summed E-state index contributed by atoms with van der Waals surface area (Å²) in [5.41, 5.74) is 0.485. The molecule has 4 heteroatoms. The minimum atomic E-state index is -0.448. The maximum atomic E-state index is 11.8. The van der Waals surface area contributed by atoms with Gasteiger partial charge in [-0.3, -0.25) is 9.59 Å². The number of phenolic OH excluding ortho intramolecular Hbond substituents is 1. The van der Waals surface area contributed by atoms with Gasteiger partial charge in [-0.25, -0.2) is 0 Å². The van der Waals surface area contributed by atoms with Gasteiger partial charge in [-0.05, 0) is 31.2 Å². The highest BCUT2D eigenvalue weighted by Gasteiger charge is 2.18. The molecule has 1 N–H and O–H groups in total. The Labute approximate surface area is 100 Å². The molecule has 0 spiro atoms. The molecule has 92 valence electrons. The predicted octanol–water partition coefficient (Wildman–Crippen LogP) is 2.16. The van der Waals surface area contributed by atoms with Crippen LogP contribution < -0.4 is 0 Å². The van der Waals surface area contributed by atoms with E-state index in [4.69, 9.17) is 9.84 Å². The lowest BCUT2D eigenvalue weighted by molar-refractivity contribution is -0.147. The van der Waals surface area contributed by atoms with Crippen LogP contribution in [0.3, 0.4) is 0 Å². The van der Waals surface area contributed by atoms with Crippen LogP contribution >= 0.6 is 0 Å². The molecule has 0 saturated carbocycles. The molecule has 0 heterocycles. The summed E-state index contributed by atoms with van der Waals surface area (Å²) < 4.78 is 4.83. The molecule has 0 aliphatic rings. The molecular weight excluding hydrogens is 220 g/mol. The lowest BCUT2D eigenvalue weighted by Gasteiger charge is -2.09. The Morgan fingerprint density at radius 2 is 1.88 bits per heavy atom. The van der Waals surface area contributed by atoms with Crippen molar-refractivity contribution in [1.82, 2.24) is 0 Å². The van der Waals surface area contributed by atoms with Crippen LogP contribution in [0.1, 0.15) is 30.6 Å². The van der Waals surface area contributed by atoms with Gasteiger partial charge in [0.25, 0.3) is 0 Å². The van der Waals surface area contributed by atoms with Gasteiger partial charge >= 0.3 is 5.97 Å². The van der Waals surface area contributed by atoms with E-state index in [1.54, 1.807) is 13.8 Å². The molecule has 4 nitrogen and oxygen atoms in total. The van der Waals surface area contributed by atoms with Gasteiger partial charge < -0.3 is 9.84 Å². The fourth-order valence-electron chi connectivity index (χ4n) is 1.41. The molecule has 0 radical (unpaired) electrons. The number of phenols is 1. The van der Waals surface area contributed by atoms with E-state index in [1.165, 1.54) is 24.3 Å². The molecule has 0 saturated heterocycles. The largest absolute Gasteiger partial charge is 0.508 e. The van der Waals surface area contributed by atoms with Crippen LogP contribution in [0.5, 0.6) is 5.75 Å². The van der Waals surface area contributed by atoms with Gasteiger partial charge in [0.15, 0.2) is 5.78 Å². The number of Topliss-reactive ketones (excluding diaryl/α,β-unsaturated/α-hetero) is 1. The van der Waals surface area contributed by atoms with Crippen molar-refractivity contribution in [3.05, 3.63) is 29.8 Å². The van der Waals surface area contributed by atoms with E-state index in [-0.39, 0.29) is 23.9 Å². The number of hydrogen-bond donors (Lipinski definition) is 1. The van der Waals surface area contributed by atoms with E-state index in [9.17, 15) is 9.59 Å². The Morgan fingerprint density at radius 1 is 1.29 bits per heavy atom. The van der Waals surface area contributed by atoms with Gasteiger partial charge in [0.05, 0.1) is 12.5 Å². The Kier molecular flexibility index (Phi) is 4.69. The van der Waals surface area contributed by atoms with Crippen LogP contribution in [-0.2, 0) is 9.53 Å². The molecule has 0 aromatic heterocycles. The van der Waals surface area contributed by atoms with E-state index in [1.807, 2.05) is 0 Å². The number of carbonyl (C=O) groups is 2. The summed E-state index contributed by atoms with van der Waals surface area (Å²) in [7, 11) is 0. The first-order valence-electron chi connectivity index (χ1n) is 5.53. The molecule has 0 aliphatic heterocycles. The second kappa shape index (κ2) is 6.03. The van der Waals surface area contributed by atoms with Gasteiger partial charge in [0.1, 0.15) is 5.75 Å². The minimum absolute atomic E-state index is 0.111. The SMILES string of the molecule is CCOC(=O)[C@@H](C)CC(=O)c1ccc(O)cc1. The summed E-state index contributed by atoms with van der Waals surface area (Å²) in [6.07, 6.45) is 0.115. The van der Waals surface area contributed by atoms with Crippen LogP contribution in [0.25, 0.3) is 0 Å². The van der Waals surface area contributed by atoms with E-state index >= 15 is 0 Å². The first-order valence-corrected chi connectivity index (χ1v) is 5.53. The zero-order valence-corrected chi connectivity index (χ0v) is 9.97. The number of carbonyl (C=O) groups excluding carboxylic acids is 2. The topological polar surface area (TPSA) is 63.6 Å². The van der Waals surface area contributed by atoms with Gasteiger partial charge in [-0.2, -0.15) is 0 Å². The van der Waals surface area contributed by atoms with Crippen LogP contribution in [0.15, 0.2) is 24.3 Å². The molecule has 17 heavy (non-hydrogen) atoms. The van der Waals surface area contributed by atoms with Crippen molar-refractivity contribution in [2.24, 2.45) is 5.92 Å². The average Bonchev–Trinajstić information content (AvgIpc) is 2.30. The lowest BCUT2D eigenvalue weighted by atomic mass is 10.00. The summed E-state index contributed by atoms with van der Waals surface area (Å²) >= 11 is 0. The third kappa shape index (κ3) is 3.90. The second-order valence-electron chi connectivity index (χ2n) is 3.83. The van der Waals surface area contributed by atoms with Gasteiger partial charge in [-0.1, -0.05) is 6.92 Å². The summed E-state index contributed by atoms with van der Waals surface area (Å²) in [4.78, 5) is 23.1. The minimum Gasteiger partial charge on any atom is -0.508 e. The van der Waals surface area contributed by atoms with Crippen molar-refractivity contribution in [3.63, 3.8) is 0 Å². The lowest BCUT2D eigenvalue weighted by Crippen LogP contribution is -2.18. The van der Waals surface area contributed by atoms with Crippen molar-refractivity contribution < 1.29 is 19.4 Å². The second-order valence-corrected chi connectivity index (χ2v) is 3.83. The average molecular weight is 236 g/mol. The fourth-order valence-corrected chi connectivity index (χ4v) is 1.41. The summed E-state index contributed by atoms with van der Waals surface area (Å²) in [5.74, 6) is -0.832. The Bertz CT molecular complexity index is 394. The number of esters is 1. The highest BCUT2D eigenvalue weighted by molar-refractivity contribution is 5.98. The number of ketones is 1. The van der Waals surface area contributed by atoms with Crippen molar-refractivity contribution >= 4 is 11.8 Å². The molecule has 1 rings (SSSR count). The highest BCUT2D eigenvalue weighted by atomic mass is 16.5. The number of benzene rings is 1. The standard InChI is InChI=1S/C13H16O4/c1-3-17-13(16)9(2)8-12(15)10-4-6-11(14)7-5-10/h4-7,9,14H,3,8H2,1-2H3/t9-/m0/s1. The summed E-state index contributed by atoms with van der Waals surface area (Å²) in [6.45, 7) is 3.71. The van der Waals surface area contributed by atoms with E-state index in [0.717, 1.165) is 0 Å². The molecule has 0 unspecified atom stereocenters. The maximum Gasteiger partial charge on any atom is 0.309 e. The first-order chi connectivity index (χ1) is 8.04. The zero-order chi connectivity index (χ0) is 12.8. The third-order valence-electron chi connectivity index (χ3n) is 2.37.